The summed E-state index contributed by atoms with van der Waals surface area (Å²) in [6.45, 7) is 3.80. The van der Waals surface area contributed by atoms with Crippen molar-refractivity contribution < 1.29 is 19.1 Å². The minimum atomic E-state index is -0.836. The minimum Gasteiger partial charge on any atom is -0.507 e. The number of amides is 1. The molecule has 0 aliphatic carbocycles. The number of carbonyl (C=O) groups is 2. The summed E-state index contributed by atoms with van der Waals surface area (Å²) in [7, 11) is 0. The van der Waals surface area contributed by atoms with Crippen LogP contribution >= 0.6 is 0 Å². The molecule has 5 nitrogen and oxygen atoms in total. The molecule has 1 unspecified atom stereocenters. The molecule has 1 aromatic heterocycles. The molecule has 1 aliphatic rings. The van der Waals surface area contributed by atoms with Crippen LogP contribution in [0.2, 0.25) is 0 Å². The second kappa shape index (κ2) is 6.85. The Bertz CT molecular complexity index is 1080. The molecule has 4 rings (SSSR count). The van der Waals surface area contributed by atoms with Gasteiger partial charge >= 0.3 is 0 Å². The number of aliphatic hydroxyl groups excluding tert-OH is 1. The number of rotatable bonds is 3. The number of aryl methyl sites for hydroxylation is 2. The molecule has 1 fully saturated rings. The summed E-state index contributed by atoms with van der Waals surface area (Å²) >= 11 is 0. The van der Waals surface area contributed by atoms with Gasteiger partial charge in [0.1, 0.15) is 17.6 Å². The number of Topliss-reactive ketones (excluding diaryl/α,β-unsaturated/α-hetero) is 1. The summed E-state index contributed by atoms with van der Waals surface area (Å²) in [5, 5.41) is 10.9. The number of benzene rings is 2. The van der Waals surface area contributed by atoms with Gasteiger partial charge in [0.15, 0.2) is 0 Å². The van der Waals surface area contributed by atoms with E-state index >= 15 is 0 Å². The summed E-state index contributed by atoms with van der Waals surface area (Å²) in [6.07, 6.45) is 1.49. The molecular weight excluding hydrogens is 354 g/mol. The van der Waals surface area contributed by atoms with Gasteiger partial charge in [0.2, 0.25) is 0 Å². The summed E-state index contributed by atoms with van der Waals surface area (Å²) in [5.74, 6) is -1.22. The van der Waals surface area contributed by atoms with Crippen LogP contribution in [0.15, 0.2) is 76.9 Å². The molecule has 0 radical (unpaired) electrons. The van der Waals surface area contributed by atoms with Crippen LogP contribution in [0, 0.1) is 13.8 Å². The third kappa shape index (κ3) is 2.81. The highest BCUT2D eigenvalue weighted by molar-refractivity contribution is 6.51. The molecule has 5 heteroatoms. The van der Waals surface area contributed by atoms with E-state index in [1.807, 2.05) is 38.1 Å². The van der Waals surface area contributed by atoms with Crippen LogP contribution in [0.3, 0.4) is 0 Å². The number of aliphatic hydroxyl groups is 1. The molecule has 3 aromatic rings. The van der Waals surface area contributed by atoms with Crippen molar-refractivity contribution in [2.24, 2.45) is 0 Å². The molecule has 1 atom stereocenters. The van der Waals surface area contributed by atoms with Gasteiger partial charge in [-0.25, -0.2) is 0 Å². The number of ketones is 1. The first-order chi connectivity index (χ1) is 13.5. The molecule has 2 aromatic carbocycles. The number of furan rings is 1. The number of nitrogens with zero attached hydrogens (tertiary/aromatic N) is 1. The van der Waals surface area contributed by atoms with Crippen LogP contribution in [0.25, 0.3) is 5.76 Å². The van der Waals surface area contributed by atoms with Crippen LogP contribution in [-0.2, 0) is 9.59 Å². The number of hydrogen-bond acceptors (Lipinski definition) is 4. The first kappa shape index (κ1) is 17.8. The Morgan fingerprint density at radius 2 is 1.68 bits per heavy atom. The minimum absolute atomic E-state index is 0.0204. The zero-order valence-electron chi connectivity index (χ0n) is 15.5. The topological polar surface area (TPSA) is 70.8 Å². The van der Waals surface area contributed by atoms with Crippen molar-refractivity contribution in [1.82, 2.24) is 0 Å². The van der Waals surface area contributed by atoms with Gasteiger partial charge in [0.05, 0.1) is 11.8 Å². The smallest absolute Gasteiger partial charge is 0.300 e. The number of para-hydroxylation sites is 1. The zero-order valence-corrected chi connectivity index (χ0v) is 15.5. The third-order valence-electron chi connectivity index (χ3n) is 4.96. The highest BCUT2D eigenvalue weighted by atomic mass is 16.3. The van der Waals surface area contributed by atoms with E-state index in [1.54, 1.807) is 36.4 Å². The van der Waals surface area contributed by atoms with Gasteiger partial charge in [-0.1, -0.05) is 48.0 Å². The third-order valence-corrected chi connectivity index (χ3v) is 4.96. The van der Waals surface area contributed by atoms with Gasteiger partial charge in [0, 0.05) is 11.3 Å². The largest absolute Gasteiger partial charge is 0.507 e. The molecule has 0 bridgehead atoms. The van der Waals surface area contributed by atoms with E-state index in [2.05, 4.69) is 0 Å². The number of hydrogen-bond donors (Lipinski definition) is 1. The van der Waals surface area contributed by atoms with Crippen molar-refractivity contribution in [3.8, 4) is 0 Å². The van der Waals surface area contributed by atoms with Crippen molar-refractivity contribution >= 4 is 23.1 Å². The van der Waals surface area contributed by atoms with E-state index in [9.17, 15) is 14.7 Å². The Morgan fingerprint density at radius 3 is 2.32 bits per heavy atom. The van der Waals surface area contributed by atoms with Crippen LogP contribution in [0.5, 0.6) is 0 Å². The molecule has 2 heterocycles. The molecule has 0 saturated carbocycles. The van der Waals surface area contributed by atoms with Crippen molar-refractivity contribution in [3.05, 3.63) is 95.0 Å². The molecule has 1 N–H and O–H groups in total. The lowest BCUT2D eigenvalue weighted by molar-refractivity contribution is -0.132. The van der Waals surface area contributed by atoms with Gasteiger partial charge in [-0.05, 0) is 37.6 Å². The van der Waals surface area contributed by atoms with Gasteiger partial charge in [-0.15, -0.1) is 0 Å². The van der Waals surface area contributed by atoms with Gasteiger partial charge in [-0.3, -0.25) is 14.5 Å². The van der Waals surface area contributed by atoms with Crippen LogP contribution < -0.4 is 4.90 Å². The summed E-state index contributed by atoms with van der Waals surface area (Å²) in [5.41, 5.74) is 2.97. The standard InChI is InChI=1S/C23H19NO4/c1-14-9-11-16(12-10-14)21(25)19-20(18-8-5-13-28-18)24(23(27)22(19)26)17-7-4-3-6-15(17)2/h3-13,20,25H,1-2H3/b21-19-. The Labute approximate surface area is 162 Å². The molecule has 140 valence electrons. The quantitative estimate of drug-likeness (QED) is 0.416. The lowest BCUT2D eigenvalue weighted by Crippen LogP contribution is -2.29. The van der Waals surface area contributed by atoms with Crippen molar-refractivity contribution in [1.29, 1.82) is 0 Å². The van der Waals surface area contributed by atoms with Crippen LogP contribution in [0.4, 0.5) is 5.69 Å². The van der Waals surface area contributed by atoms with E-state index in [-0.39, 0.29) is 11.3 Å². The van der Waals surface area contributed by atoms with E-state index in [1.165, 1.54) is 11.2 Å². The van der Waals surface area contributed by atoms with Crippen molar-refractivity contribution in [2.45, 2.75) is 19.9 Å². The SMILES string of the molecule is Cc1ccc(/C(O)=C2/C(=O)C(=O)N(c3ccccc3C)C2c2ccco2)cc1. The molecule has 1 aliphatic heterocycles. The predicted octanol–water partition coefficient (Wildman–Crippen LogP) is 4.52. The molecule has 0 spiro atoms. The molecular formula is C23H19NO4. The summed E-state index contributed by atoms with van der Waals surface area (Å²) in [4.78, 5) is 27.3. The fourth-order valence-corrected chi connectivity index (χ4v) is 3.50. The highest BCUT2D eigenvalue weighted by Gasteiger charge is 2.48. The lowest BCUT2D eigenvalue weighted by atomic mass is 9.98. The second-order valence-corrected chi connectivity index (χ2v) is 6.84. The lowest BCUT2D eigenvalue weighted by Gasteiger charge is -2.24. The Morgan fingerprint density at radius 1 is 0.964 bits per heavy atom. The Hall–Kier alpha value is -3.60. The van der Waals surface area contributed by atoms with E-state index in [0.29, 0.717) is 17.0 Å². The fourth-order valence-electron chi connectivity index (χ4n) is 3.50. The van der Waals surface area contributed by atoms with Crippen LogP contribution in [0.1, 0.15) is 28.5 Å². The first-order valence-electron chi connectivity index (χ1n) is 8.96. The van der Waals surface area contributed by atoms with E-state index in [0.717, 1.165) is 11.1 Å². The second-order valence-electron chi connectivity index (χ2n) is 6.84. The van der Waals surface area contributed by atoms with E-state index < -0.39 is 17.7 Å². The highest BCUT2D eigenvalue weighted by Crippen LogP contribution is 2.43. The molecule has 28 heavy (non-hydrogen) atoms. The molecule has 1 saturated heterocycles. The van der Waals surface area contributed by atoms with Gasteiger partial charge in [-0.2, -0.15) is 0 Å². The Kier molecular flexibility index (Phi) is 4.35. The normalized spacial score (nSPS) is 18.6. The predicted molar refractivity (Wildman–Crippen MR) is 106 cm³/mol. The first-order valence-corrected chi connectivity index (χ1v) is 8.96. The van der Waals surface area contributed by atoms with E-state index in [4.69, 9.17) is 4.42 Å². The maximum Gasteiger partial charge on any atom is 0.300 e. The number of carbonyl (C=O) groups excluding carboxylic acids is 2. The maximum absolute atomic E-state index is 13.0. The molecule has 1 amide bonds. The van der Waals surface area contributed by atoms with Gasteiger partial charge in [0.25, 0.3) is 11.7 Å². The summed E-state index contributed by atoms with van der Waals surface area (Å²) < 4.78 is 5.55. The zero-order chi connectivity index (χ0) is 19.8. The monoisotopic (exact) mass is 373 g/mol. The number of anilines is 1. The van der Waals surface area contributed by atoms with Crippen molar-refractivity contribution in [3.63, 3.8) is 0 Å². The van der Waals surface area contributed by atoms with Gasteiger partial charge < -0.3 is 9.52 Å². The average Bonchev–Trinajstić information content (AvgIpc) is 3.30. The average molecular weight is 373 g/mol. The van der Waals surface area contributed by atoms with Crippen LogP contribution in [-0.4, -0.2) is 16.8 Å². The summed E-state index contributed by atoms with van der Waals surface area (Å²) in [6, 6.07) is 17.0. The maximum atomic E-state index is 13.0. The fraction of sp³-hybridized carbons (Fsp3) is 0.130. The Balaban J connectivity index is 1.94. The van der Waals surface area contributed by atoms with Crippen molar-refractivity contribution in [2.75, 3.05) is 4.90 Å².